The second kappa shape index (κ2) is 9.68. The Hall–Kier alpha value is -3.16. The lowest BCUT2D eigenvalue weighted by molar-refractivity contribution is 0.380. The summed E-state index contributed by atoms with van der Waals surface area (Å²) in [4.78, 5) is 8.91. The summed E-state index contributed by atoms with van der Waals surface area (Å²) in [5.41, 5.74) is 4.22. The van der Waals surface area contributed by atoms with Crippen LogP contribution in [0.15, 0.2) is 40.1 Å². The number of aryl methyl sites for hydroxylation is 2. The highest BCUT2D eigenvalue weighted by Crippen LogP contribution is 2.17. The van der Waals surface area contributed by atoms with Crippen molar-refractivity contribution in [3.63, 3.8) is 0 Å². The van der Waals surface area contributed by atoms with Crippen LogP contribution in [0.4, 0.5) is 0 Å². The molecule has 8 heteroatoms. The summed E-state index contributed by atoms with van der Waals surface area (Å²) in [5, 5.41) is 17.6. The highest BCUT2D eigenvalue weighted by molar-refractivity contribution is 5.79. The van der Waals surface area contributed by atoms with Gasteiger partial charge in [-0.2, -0.15) is 5.10 Å². The monoisotopic (exact) mass is 381 g/mol. The molecule has 0 aliphatic carbocycles. The van der Waals surface area contributed by atoms with Gasteiger partial charge < -0.3 is 15.2 Å². The molecule has 0 amide bonds. The Bertz CT molecular complexity index is 878. The van der Waals surface area contributed by atoms with E-state index < -0.39 is 0 Å². The standard InChI is InChI=1S/C20H27N7O/c1-4-17-16(18(5-2)28-27-17)12-23-20(21-6-3)22-11-14-8-7-9-15(10-14)19-24-13-25-26-19/h7-10,13H,4-6,11-12H2,1-3H3,(H2,21,22,23)(H,24,25,26). The molecule has 0 spiro atoms. The number of aromatic nitrogens is 4. The average molecular weight is 381 g/mol. The predicted octanol–water partition coefficient (Wildman–Crippen LogP) is 2.84. The fourth-order valence-corrected chi connectivity index (χ4v) is 2.98. The molecule has 0 radical (unpaired) electrons. The fraction of sp³-hybridized carbons (Fsp3) is 0.400. The molecule has 0 fully saturated rings. The lowest BCUT2D eigenvalue weighted by atomic mass is 10.1. The highest BCUT2D eigenvalue weighted by atomic mass is 16.5. The smallest absolute Gasteiger partial charge is 0.191 e. The van der Waals surface area contributed by atoms with Gasteiger partial charge in [0, 0.05) is 30.6 Å². The van der Waals surface area contributed by atoms with Gasteiger partial charge in [-0.3, -0.25) is 5.10 Å². The molecular weight excluding hydrogens is 354 g/mol. The van der Waals surface area contributed by atoms with E-state index in [4.69, 9.17) is 9.52 Å². The van der Waals surface area contributed by atoms with Gasteiger partial charge in [0.1, 0.15) is 12.1 Å². The van der Waals surface area contributed by atoms with Crippen molar-refractivity contribution in [1.29, 1.82) is 0 Å². The number of benzene rings is 1. The molecule has 1 aromatic carbocycles. The molecule has 0 bridgehead atoms. The van der Waals surface area contributed by atoms with Gasteiger partial charge in [-0.15, -0.1) is 0 Å². The third-order valence-corrected chi connectivity index (χ3v) is 4.42. The molecule has 0 aliphatic heterocycles. The summed E-state index contributed by atoms with van der Waals surface area (Å²) in [6.07, 6.45) is 3.18. The van der Waals surface area contributed by atoms with E-state index in [-0.39, 0.29) is 0 Å². The van der Waals surface area contributed by atoms with Crippen molar-refractivity contribution in [3.8, 4) is 11.4 Å². The number of nitrogens with one attached hydrogen (secondary N) is 3. The average Bonchev–Trinajstić information content (AvgIpc) is 3.39. The molecule has 0 aliphatic rings. The van der Waals surface area contributed by atoms with Gasteiger partial charge in [0.2, 0.25) is 0 Å². The number of rotatable bonds is 8. The Labute approximate surface area is 164 Å². The van der Waals surface area contributed by atoms with E-state index in [0.717, 1.165) is 59.3 Å². The Morgan fingerprint density at radius 2 is 2.07 bits per heavy atom. The maximum absolute atomic E-state index is 5.44. The maximum Gasteiger partial charge on any atom is 0.191 e. The van der Waals surface area contributed by atoms with Gasteiger partial charge in [0.05, 0.1) is 12.2 Å². The molecule has 2 aromatic heterocycles. The molecule has 0 saturated heterocycles. The molecule has 0 saturated carbocycles. The van der Waals surface area contributed by atoms with E-state index in [0.29, 0.717) is 13.1 Å². The molecule has 148 valence electrons. The summed E-state index contributed by atoms with van der Waals surface area (Å²) >= 11 is 0. The van der Waals surface area contributed by atoms with Gasteiger partial charge >= 0.3 is 0 Å². The first-order valence-corrected chi connectivity index (χ1v) is 9.68. The number of hydrogen-bond acceptors (Lipinski definition) is 5. The first-order chi connectivity index (χ1) is 13.7. The molecule has 0 unspecified atom stereocenters. The van der Waals surface area contributed by atoms with Crippen LogP contribution >= 0.6 is 0 Å². The molecular formula is C20H27N7O. The minimum absolute atomic E-state index is 0.558. The minimum Gasteiger partial charge on any atom is -0.361 e. The fourth-order valence-electron chi connectivity index (χ4n) is 2.98. The summed E-state index contributed by atoms with van der Waals surface area (Å²) < 4.78 is 5.44. The van der Waals surface area contributed by atoms with E-state index in [2.05, 4.69) is 63.9 Å². The van der Waals surface area contributed by atoms with Crippen LogP contribution in [0.25, 0.3) is 11.4 Å². The van der Waals surface area contributed by atoms with Crippen LogP contribution in [0.1, 0.15) is 43.4 Å². The van der Waals surface area contributed by atoms with Gasteiger partial charge in [-0.1, -0.05) is 37.2 Å². The van der Waals surface area contributed by atoms with Crippen LogP contribution in [-0.4, -0.2) is 32.8 Å². The van der Waals surface area contributed by atoms with Crippen LogP contribution in [0.5, 0.6) is 0 Å². The maximum atomic E-state index is 5.44. The molecule has 0 atom stereocenters. The molecule has 3 aromatic rings. The number of aromatic amines is 1. The van der Waals surface area contributed by atoms with Gasteiger partial charge in [0.25, 0.3) is 0 Å². The van der Waals surface area contributed by atoms with Crippen LogP contribution < -0.4 is 10.6 Å². The summed E-state index contributed by atoms with van der Waals surface area (Å²) in [5.74, 6) is 2.44. The Balaban J connectivity index is 1.70. The number of H-pyrrole nitrogens is 1. The van der Waals surface area contributed by atoms with Crippen molar-refractivity contribution in [1.82, 2.24) is 31.0 Å². The van der Waals surface area contributed by atoms with Gasteiger partial charge in [-0.25, -0.2) is 9.98 Å². The normalized spacial score (nSPS) is 11.6. The zero-order valence-electron chi connectivity index (χ0n) is 16.6. The van der Waals surface area contributed by atoms with E-state index in [1.165, 1.54) is 6.33 Å². The topological polar surface area (TPSA) is 104 Å². The van der Waals surface area contributed by atoms with Crippen molar-refractivity contribution in [3.05, 3.63) is 53.2 Å². The van der Waals surface area contributed by atoms with Crippen LogP contribution in [0.2, 0.25) is 0 Å². The van der Waals surface area contributed by atoms with Crippen molar-refractivity contribution < 1.29 is 4.52 Å². The van der Waals surface area contributed by atoms with E-state index in [1.54, 1.807) is 0 Å². The molecule has 3 rings (SSSR count). The zero-order chi connectivity index (χ0) is 19.8. The Morgan fingerprint density at radius 1 is 1.18 bits per heavy atom. The first kappa shape index (κ1) is 19.6. The predicted molar refractivity (Wildman–Crippen MR) is 109 cm³/mol. The van der Waals surface area contributed by atoms with Crippen LogP contribution in [0.3, 0.4) is 0 Å². The van der Waals surface area contributed by atoms with E-state index in [9.17, 15) is 0 Å². The quantitative estimate of drug-likeness (QED) is 0.409. The highest BCUT2D eigenvalue weighted by Gasteiger charge is 2.13. The van der Waals surface area contributed by atoms with E-state index in [1.807, 2.05) is 12.1 Å². The number of nitrogens with zero attached hydrogens (tertiary/aromatic N) is 4. The summed E-state index contributed by atoms with van der Waals surface area (Å²) in [7, 11) is 0. The second-order valence-corrected chi connectivity index (χ2v) is 6.32. The summed E-state index contributed by atoms with van der Waals surface area (Å²) in [6.45, 7) is 8.19. The third kappa shape index (κ3) is 4.76. The van der Waals surface area contributed by atoms with Crippen molar-refractivity contribution in [2.45, 2.75) is 46.7 Å². The molecule has 3 N–H and O–H groups in total. The van der Waals surface area contributed by atoms with Gasteiger partial charge in [-0.05, 0) is 25.0 Å². The number of guanidine groups is 1. The minimum atomic E-state index is 0.558. The number of hydrogen-bond donors (Lipinski definition) is 3. The van der Waals surface area contributed by atoms with Crippen LogP contribution in [-0.2, 0) is 25.9 Å². The Kier molecular flexibility index (Phi) is 6.78. The lowest BCUT2D eigenvalue weighted by Gasteiger charge is -2.12. The van der Waals surface area contributed by atoms with Gasteiger partial charge in [0.15, 0.2) is 11.8 Å². The number of aliphatic imine (C=N–C) groups is 1. The first-order valence-electron chi connectivity index (χ1n) is 9.68. The third-order valence-electron chi connectivity index (χ3n) is 4.42. The zero-order valence-corrected chi connectivity index (χ0v) is 16.6. The second-order valence-electron chi connectivity index (χ2n) is 6.32. The summed E-state index contributed by atoms with van der Waals surface area (Å²) in [6, 6.07) is 8.12. The Morgan fingerprint density at radius 3 is 2.79 bits per heavy atom. The largest absolute Gasteiger partial charge is 0.361 e. The van der Waals surface area contributed by atoms with Crippen molar-refractivity contribution in [2.75, 3.05) is 6.54 Å². The molecule has 28 heavy (non-hydrogen) atoms. The van der Waals surface area contributed by atoms with Crippen LogP contribution in [0, 0.1) is 0 Å². The van der Waals surface area contributed by atoms with Crippen molar-refractivity contribution in [2.24, 2.45) is 4.99 Å². The molecule has 8 nitrogen and oxygen atoms in total. The van der Waals surface area contributed by atoms with Crippen molar-refractivity contribution >= 4 is 5.96 Å². The molecule has 2 heterocycles. The van der Waals surface area contributed by atoms with E-state index >= 15 is 0 Å². The lowest BCUT2D eigenvalue weighted by Crippen LogP contribution is -2.37. The SMILES string of the molecule is CCNC(=NCc1cccc(-c2ncn[nH]2)c1)NCc1c(CC)noc1CC.